The first-order valence-corrected chi connectivity index (χ1v) is 7.71. The number of nitrogens with two attached hydrogens (primary N) is 1. The fourth-order valence-electron chi connectivity index (χ4n) is 2.19. The molecule has 0 radical (unpaired) electrons. The summed E-state index contributed by atoms with van der Waals surface area (Å²) < 4.78 is 5.93. The summed E-state index contributed by atoms with van der Waals surface area (Å²) in [6, 6.07) is 8.10. The third-order valence-electron chi connectivity index (χ3n) is 3.03. The van der Waals surface area contributed by atoms with Crippen LogP contribution in [0, 0.1) is 0 Å². The minimum absolute atomic E-state index is 0.449. The van der Waals surface area contributed by atoms with E-state index in [0.717, 1.165) is 26.5 Å². The fraction of sp³-hybridized carbons (Fsp3) is 0. The molecule has 20 heavy (non-hydrogen) atoms. The van der Waals surface area contributed by atoms with Gasteiger partial charge < -0.3 is 10.2 Å². The van der Waals surface area contributed by atoms with Gasteiger partial charge in [0.25, 0.3) is 0 Å². The van der Waals surface area contributed by atoms with Gasteiger partial charge in [-0.15, -0.1) is 22.7 Å². The Hall–Kier alpha value is -2.18. The van der Waals surface area contributed by atoms with Crippen LogP contribution in [0.2, 0.25) is 0 Å². The van der Waals surface area contributed by atoms with E-state index >= 15 is 0 Å². The molecule has 4 rings (SSSR count). The fourth-order valence-corrected chi connectivity index (χ4v) is 3.68. The van der Waals surface area contributed by atoms with Crippen LogP contribution in [0.4, 0.5) is 5.82 Å². The molecule has 0 fully saturated rings. The van der Waals surface area contributed by atoms with Gasteiger partial charge in [0.05, 0.1) is 15.8 Å². The molecule has 98 valence electrons. The van der Waals surface area contributed by atoms with E-state index in [2.05, 4.69) is 16.0 Å². The molecule has 0 saturated carbocycles. The Bertz CT molecular complexity index is 864. The topological polar surface area (TPSA) is 64.9 Å². The summed E-state index contributed by atoms with van der Waals surface area (Å²) >= 11 is 3.28. The lowest BCUT2D eigenvalue weighted by Crippen LogP contribution is -1.91. The largest absolute Gasteiger partial charge is 0.436 e. The molecule has 4 nitrogen and oxygen atoms in total. The van der Waals surface area contributed by atoms with Gasteiger partial charge in [0, 0.05) is 4.88 Å². The zero-order valence-electron chi connectivity index (χ0n) is 10.2. The Labute approximate surface area is 122 Å². The third kappa shape index (κ3) is 1.65. The van der Waals surface area contributed by atoms with E-state index in [-0.39, 0.29) is 0 Å². The van der Waals surface area contributed by atoms with E-state index in [1.807, 2.05) is 29.0 Å². The number of thiophene rings is 2. The van der Waals surface area contributed by atoms with Gasteiger partial charge >= 0.3 is 0 Å². The van der Waals surface area contributed by atoms with Gasteiger partial charge in [-0.2, -0.15) is 0 Å². The van der Waals surface area contributed by atoms with Gasteiger partial charge in [0.1, 0.15) is 12.1 Å². The van der Waals surface area contributed by atoms with Crippen molar-refractivity contribution in [2.45, 2.75) is 0 Å². The van der Waals surface area contributed by atoms with Crippen LogP contribution >= 0.6 is 22.7 Å². The summed E-state index contributed by atoms with van der Waals surface area (Å²) in [7, 11) is 0. The van der Waals surface area contributed by atoms with Gasteiger partial charge in [-0.3, -0.25) is 0 Å². The summed E-state index contributed by atoms with van der Waals surface area (Å²) in [4.78, 5) is 10.4. The van der Waals surface area contributed by atoms with Crippen LogP contribution in [-0.4, -0.2) is 9.97 Å². The predicted molar refractivity (Wildman–Crippen MR) is 82.8 cm³/mol. The average Bonchev–Trinajstić information content (AvgIpc) is 3.18. The first kappa shape index (κ1) is 11.6. The average molecular weight is 299 g/mol. The highest BCUT2D eigenvalue weighted by molar-refractivity contribution is 7.14. The molecule has 4 heterocycles. The zero-order chi connectivity index (χ0) is 13.5. The number of hydrogen-bond acceptors (Lipinski definition) is 6. The van der Waals surface area contributed by atoms with Crippen molar-refractivity contribution in [1.82, 2.24) is 9.97 Å². The number of rotatable bonds is 2. The maximum atomic E-state index is 6.03. The number of nitrogens with zero attached hydrogens (tertiary/aromatic N) is 2. The summed E-state index contributed by atoms with van der Waals surface area (Å²) in [5.41, 5.74) is 7.54. The van der Waals surface area contributed by atoms with Gasteiger partial charge in [-0.25, -0.2) is 9.97 Å². The van der Waals surface area contributed by atoms with Crippen LogP contribution in [0.5, 0.6) is 0 Å². The van der Waals surface area contributed by atoms with Crippen molar-refractivity contribution in [2.24, 2.45) is 0 Å². The predicted octanol–water partition coefficient (Wildman–Crippen LogP) is 4.26. The summed E-state index contributed by atoms with van der Waals surface area (Å²) in [6.45, 7) is 0. The smallest absolute Gasteiger partial charge is 0.232 e. The summed E-state index contributed by atoms with van der Waals surface area (Å²) in [6.07, 6.45) is 1.43. The van der Waals surface area contributed by atoms with Crippen LogP contribution < -0.4 is 5.73 Å². The molecule has 6 heteroatoms. The number of nitrogen functional groups attached to an aromatic ring is 1. The van der Waals surface area contributed by atoms with E-state index in [4.69, 9.17) is 10.2 Å². The first-order chi connectivity index (χ1) is 9.84. The van der Waals surface area contributed by atoms with Crippen molar-refractivity contribution >= 4 is 39.6 Å². The van der Waals surface area contributed by atoms with Gasteiger partial charge in [0.15, 0.2) is 5.76 Å². The molecule has 0 bridgehead atoms. The lowest BCUT2D eigenvalue weighted by atomic mass is 10.1. The molecule has 0 aliphatic rings. The van der Waals surface area contributed by atoms with E-state index in [1.165, 1.54) is 6.33 Å². The Kier molecular flexibility index (Phi) is 2.58. The number of hydrogen-bond donors (Lipinski definition) is 1. The second-order valence-corrected chi connectivity index (χ2v) is 6.10. The molecule has 0 aromatic carbocycles. The van der Waals surface area contributed by atoms with E-state index < -0.39 is 0 Å². The summed E-state index contributed by atoms with van der Waals surface area (Å²) in [5.74, 6) is 1.26. The van der Waals surface area contributed by atoms with Gasteiger partial charge in [-0.1, -0.05) is 12.1 Å². The normalized spacial score (nSPS) is 11.2. The van der Waals surface area contributed by atoms with Crippen LogP contribution in [0.3, 0.4) is 0 Å². The Balaban J connectivity index is 2.14. The van der Waals surface area contributed by atoms with Crippen LogP contribution in [-0.2, 0) is 0 Å². The third-order valence-corrected chi connectivity index (χ3v) is 4.79. The molecule has 0 aliphatic heterocycles. The Morgan fingerprint density at radius 1 is 1.00 bits per heavy atom. The minimum Gasteiger partial charge on any atom is -0.436 e. The van der Waals surface area contributed by atoms with Crippen LogP contribution in [0.25, 0.3) is 32.2 Å². The molecule has 0 aliphatic carbocycles. The first-order valence-electron chi connectivity index (χ1n) is 5.95. The molecule has 2 N–H and O–H groups in total. The second-order valence-electron chi connectivity index (χ2n) is 4.20. The molecular weight excluding hydrogens is 290 g/mol. The summed E-state index contributed by atoms with van der Waals surface area (Å²) in [5, 5.41) is 4.85. The van der Waals surface area contributed by atoms with Crippen molar-refractivity contribution in [3.8, 4) is 21.1 Å². The molecular formula is C14H9N3OS2. The molecule has 0 saturated heterocycles. The van der Waals surface area contributed by atoms with Gasteiger partial charge in [-0.05, 0) is 22.9 Å². The second kappa shape index (κ2) is 4.43. The maximum absolute atomic E-state index is 6.03. The molecule has 0 amide bonds. The number of fused-ring (bicyclic) bond motifs is 1. The monoisotopic (exact) mass is 299 g/mol. The lowest BCUT2D eigenvalue weighted by molar-refractivity contribution is 0.620. The quantitative estimate of drug-likeness (QED) is 0.600. The molecule has 4 aromatic heterocycles. The molecule has 4 aromatic rings. The number of aromatic nitrogens is 2. The zero-order valence-corrected chi connectivity index (χ0v) is 11.9. The lowest BCUT2D eigenvalue weighted by Gasteiger charge is -1.99. The van der Waals surface area contributed by atoms with Crippen molar-refractivity contribution in [2.75, 3.05) is 5.73 Å². The Morgan fingerprint density at radius 2 is 1.75 bits per heavy atom. The van der Waals surface area contributed by atoms with Crippen LogP contribution in [0.1, 0.15) is 0 Å². The number of anilines is 1. The van der Waals surface area contributed by atoms with E-state index in [0.29, 0.717) is 11.5 Å². The molecule has 0 atom stereocenters. The molecule has 0 spiro atoms. The highest BCUT2D eigenvalue weighted by atomic mass is 32.1. The van der Waals surface area contributed by atoms with E-state index in [9.17, 15) is 0 Å². The number of furan rings is 1. The standard InChI is InChI=1S/C14H9N3OS2/c15-13-11-10(8-3-1-5-19-8)12(9-4-2-6-20-9)18-14(11)17-7-16-13/h1-7H,(H2,15,16,17). The van der Waals surface area contributed by atoms with Crippen molar-refractivity contribution < 1.29 is 4.42 Å². The minimum atomic E-state index is 0.449. The SMILES string of the molecule is Nc1ncnc2oc(-c3cccs3)c(-c3cccs3)c12. The molecule has 0 unspecified atom stereocenters. The van der Waals surface area contributed by atoms with Crippen LogP contribution in [0.15, 0.2) is 45.8 Å². The van der Waals surface area contributed by atoms with Gasteiger partial charge in [0.2, 0.25) is 5.71 Å². The van der Waals surface area contributed by atoms with Crippen molar-refractivity contribution in [3.05, 3.63) is 41.4 Å². The van der Waals surface area contributed by atoms with Crippen molar-refractivity contribution in [1.29, 1.82) is 0 Å². The highest BCUT2D eigenvalue weighted by Crippen LogP contribution is 2.44. The van der Waals surface area contributed by atoms with E-state index in [1.54, 1.807) is 22.7 Å². The maximum Gasteiger partial charge on any atom is 0.232 e. The van der Waals surface area contributed by atoms with Crippen molar-refractivity contribution in [3.63, 3.8) is 0 Å². The Morgan fingerprint density at radius 3 is 2.45 bits per heavy atom. The highest BCUT2D eigenvalue weighted by Gasteiger charge is 2.22.